The summed E-state index contributed by atoms with van der Waals surface area (Å²) in [5.74, 6) is 1.01. The molecule has 1 heterocycles. The Labute approximate surface area is 142 Å². The molecular formula is C19H36N4. The van der Waals surface area contributed by atoms with Gasteiger partial charge in [0.1, 0.15) is 0 Å². The van der Waals surface area contributed by atoms with Crippen molar-refractivity contribution in [1.29, 1.82) is 0 Å². The zero-order valence-electron chi connectivity index (χ0n) is 15.2. The highest BCUT2D eigenvalue weighted by atomic mass is 15.2. The molecule has 0 aromatic heterocycles. The number of likely N-dealkylation sites (tertiary alicyclic amines) is 1. The first kappa shape index (κ1) is 18.3. The Morgan fingerprint density at radius 1 is 1.26 bits per heavy atom. The smallest absolute Gasteiger partial charge is 0.191 e. The van der Waals surface area contributed by atoms with Gasteiger partial charge in [0, 0.05) is 32.2 Å². The molecule has 2 N–H and O–H groups in total. The summed E-state index contributed by atoms with van der Waals surface area (Å²) in [5.41, 5.74) is 1.61. The molecule has 2 rings (SSSR count). The predicted molar refractivity (Wildman–Crippen MR) is 100 cm³/mol. The van der Waals surface area contributed by atoms with Gasteiger partial charge >= 0.3 is 0 Å². The maximum atomic E-state index is 4.80. The molecule has 1 aliphatic heterocycles. The molecule has 0 unspecified atom stereocenters. The third-order valence-corrected chi connectivity index (χ3v) is 4.90. The molecule has 1 aliphatic carbocycles. The zero-order valence-corrected chi connectivity index (χ0v) is 15.2. The van der Waals surface area contributed by atoms with Crippen LogP contribution in [0.1, 0.15) is 65.2 Å². The quantitative estimate of drug-likeness (QED) is 0.429. The standard InChI is InChI=1S/C19H36N4/c1-3-14-23-15-11-18(12-16-23)22-19(20-4-2)21-13-10-17-8-6-5-7-9-17/h8,18H,3-7,9-16H2,1-2H3,(H2,20,21,22). The lowest BCUT2D eigenvalue weighted by molar-refractivity contribution is 0.206. The van der Waals surface area contributed by atoms with Crippen LogP contribution >= 0.6 is 0 Å². The molecule has 0 radical (unpaired) electrons. The molecule has 0 atom stereocenters. The maximum absolute atomic E-state index is 4.80. The van der Waals surface area contributed by atoms with Crippen molar-refractivity contribution in [2.45, 2.75) is 71.3 Å². The van der Waals surface area contributed by atoms with Crippen molar-refractivity contribution < 1.29 is 0 Å². The van der Waals surface area contributed by atoms with Gasteiger partial charge in [-0.2, -0.15) is 0 Å². The summed E-state index contributed by atoms with van der Waals surface area (Å²) in [7, 11) is 0. The van der Waals surface area contributed by atoms with Crippen LogP contribution in [0.3, 0.4) is 0 Å². The van der Waals surface area contributed by atoms with Crippen molar-refractivity contribution in [1.82, 2.24) is 15.5 Å². The lowest BCUT2D eigenvalue weighted by Crippen LogP contribution is -2.48. The van der Waals surface area contributed by atoms with Crippen LogP contribution in [-0.4, -0.2) is 49.6 Å². The van der Waals surface area contributed by atoms with Gasteiger partial charge < -0.3 is 15.5 Å². The Balaban J connectivity index is 1.74. The topological polar surface area (TPSA) is 39.7 Å². The number of piperidine rings is 1. The van der Waals surface area contributed by atoms with Gasteiger partial charge in [-0.3, -0.25) is 4.99 Å². The highest BCUT2D eigenvalue weighted by molar-refractivity contribution is 5.80. The van der Waals surface area contributed by atoms with Crippen LogP contribution in [0.5, 0.6) is 0 Å². The monoisotopic (exact) mass is 320 g/mol. The molecule has 4 heteroatoms. The molecule has 0 bridgehead atoms. The summed E-state index contributed by atoms with van der Waals surface area (Å²) in [6.45, 7) is 9.94. The Morgan fingerprint density at radius 2 is 2.09 bits per heavy atom. The van der Waals surface area contributed by atoms with E-state index in [4.69, 9.17) is 4.99 Å². The molecule has 23 heavy (non-hydrogen) atoms. The summed E-state index contributed by atoms with van der Waals surface area (Å²) in [4.78, 5) is 7.38. The summed E-state index contributed by atoms with van der Waals surface area (Å²) in [6, 6.07) is 0.579. The van der Waals surface area contributed by atoms with Crippen LogP contribution in [0.4, 0.5) is 0 Å². The average molecular weight is 321 g/mol. The van der Waals surface area contributed by atoms with Gasteiger partial charge in [-0.15, -0.1) is 0 Å². The summed E-state index contributed by atoms with van der Waals surface area (Å²) in [6.07, 6.45) is 12.6. The van der Waals surface area contributed by atoms with Crippen molar-refractivity contribution >= 4 is 5.96 Å². The SMILES string of the molecule is CCCN1CCC(NC(=NCCC2=CCCCC2)NCC)CC1. The van der Waals surface area contributed by atoms with Crippen molar-refractivity contribution in [3.63, 3.8) is 0 Å². The van der Waals surface area contributed by atoms with E-state index in [1.54, 1.807) is 5.57 Å². The second kappa shape index (κ2) is 10.7. The van der Waals surface area contributed by atoms with Crippen LogP contribution in [-0.2, 0) is 0 Å². The molecule has 0 saturated carbocycles. The number of nitrogens with zero attached hydrogens (tertiary/aromatic N) is 2. The number of hydrogen-bond donors (Lipinski definition) is 2. The minimum atomic E-state index is 0.579. The second-order valence-corrected chi connectivity index (χ2v) is 6.88. The lowest BCUT2D eigenvalue weighted by Gasteiger charge is -2.32. The molecule has 4 nitrogen and oxygen atoms in total. The van der Waals surface area contributed by atoms with E-state index in [1.807, 2.05) is 0 Å². The van der Waals surface area contributed by atoms with E-state index in [1.165, 1.54) is 64.6 Å². The lowest BCUT2D eigenvalue weighted by atomic mass is 9.97. The van der Waals surface area contributed by atoms with E-state index in [-0.39, 0.29) is 0 Å². The highest BCUT2D eigenvalue weighted by Gasteiger charge is 2.19. The zero-order chi connectivity index (χ0) is 16.3. The summed E-state index contributed by atoms with van der Waals surface area (Å²) >= 11 is 0. The van der Waals surface area contributed by atoms with E-state index in [0.29, 0.717) is 6.04 Å². The van der Waals surface area contributed by atoms with E-state index in [0.717, 1.165) is 25.5 Å². The molecule has 0 amide bonds. The number of aliphatic imine (C=N–C) groups is 1. The summed E-state index contributed by atoms with van der Waals surface area (Å²) < 4.78 is 0. The highest BCUT2D eigenvalue weighted by Crippen LogP contribution is 2.19. The maximum Gasteiger partial charge on any atom is 0.191 e. The molecule has 1 saturated heterocycles. The Hall–Kier alpha value is -1.03. The van der Waals surface area contributed by atoms with Gasteiger partial charge in [0.05, 0.1) is 0 Å². The Morgan fingerprint density at radius 3 is 2.74 bits per heavy atom. The molecule has 2 aliphatic rings. The number of allylic oxidation sites excluding steroid dienone is 1. The second-order valence-electron chi connectivity index (χ2n) is 6.88. The molecule has 1 fully saturated rings. The largest absolute Gasteiger partial charge is 0.357 e. The molecule has 132 valence electrons. The van der Waals surface area contributed by atoms with E-state index >= 15 is 0 Å². The normalized spacial score (nSPS) is 21.1. The molecule has 0 spiro atoms. The van der Waals surface area contributed by atoms with E-state index in [9.17, 15) is 0 Å². The minimum absolute atomic E-state index is 0.579. The third kappa shape index (κ3) is 6.94. The predicted octanol–water partition coefficient (Wildman–Crippen LogP) is 3.31. The van der Waals surface area contributed by atoms with E-state index in [2.05, 4.69) is 35.5 Å². The van der Waals surface area contributed by atoms with Crippen molar-refractivity contribution in [3.8, 4) is 0 Å². The third-order valence-electron chi connectivity index (χ3n) is 4.90. The number of guanidine groups is 1. The van der Waals surface area contributed by atoms with Crippen molar-refractivity contribution in [2.75, 3.05) is 32.7 Å². The number of rotatable bonds is 7. The summed E-state index contributed by atoms with van der Waals surface area (Å²) in [5, 5.41) is 7.06. The van der Waals surface area contributed by atoms with Gasteiger partial charge in [0.2, 0.25) is 0 Å². The van der Waals surface area contributed by atoms with Gasteiger partial charge in [0.15, 0.2) is 5.96 Å². The first-order valence-electron chi connectivity index (χ1n) is 9.77. The van der Waals surface area contributed by atoms with Gasteiger partial charge in [-0.25, -0.2) is 0 Å². The van der Waals surface area contributed by atoms with Crippen molar-refractivity contribution in [2.24, 2.45) is 4.99 Å². The first-order valence-corrected chi connectivity index (χ1v) is 9.77. The Kier molecular flexibility index (Phi) is 8.51. The van der Waals surface area contributed by atoms with Crippen LogP contribution < -0.4 is 10.6 Å². The number of hydrogen-bond acceptors (Lipinski definition) is 2. The number of nitrogens with one attached hydrogen (secondary N) is 2. The minimum Gasteiger partial charge on any atom is -0.357 e. The van der Waals surface area contributed by atoms with Crippen molar-refractivity contribution in [3.05, 3.63) is 11.6 Å². The Bertz CT molecular complexity index is 381. The fourth-order valence-corrected chi connectivity index (χ4v) is 3.57. The fraction of sp³-hybridized carbons (Fsp3) is 0.842. The van der Waals surface area contributed by atoms with Crippen LogP contribution in [0, 0.1) is 0 Å². The van der Waals surface area contributed by atoms with Gasteiger partial charge in [0.25, 0.3) is 0 Å². The van der Waals surface area contributed by atoms with Gasteiger partial charge in [-0.05, 0) is 64.8 Å². The molecule has 0 aromatic carbocycles. The van der Waals surface area contributed by atoms with E-state index < -0.39 is 0 Å². The van der Waals surface area contributed by atoms with Crippen LogP contribution in [0.2, 0.25) is 0 Å². The molecule has 0 aromatic rings. The van der Waals surface area contributed by atoms with Crippen LogP contribution in [0.25, 0.3) is 0 Å². The fourth-order valence-electron chi connectivity index (χ4n) is 3.57. The van der Waals surface area contributed by atoms with Gasteiger partial charge in [-0.1, -0.05) is 18.6 Å². The first-order chi connectivity index (χ1) is 11.3. The van der Waals surface area contributed by atoms with Crippen LogP contribution in [0.15, 0.2) is 16.6 Å². The molecular weight excluding hydrogens is 284 g/mol. The average Bonchev–Trinajstić information content (AvgIpc) is 2.58.